The van der Waals surface area contributed by atoms with Crippen LogP contribution in [0.15, 0.2) is 47.3 Å². The number of carbonyl (C=O) groups is 1. The van der Waals surface area contributed by atoms with Gasteiger partial charge >= 0.3 is 0 Å². The van der Waals surface area contributed by atoms with Crippen molar-refractivity contribution in [3.8, 4) is 0 Å². The average molecular weight is 265 g/mol. The normalized spacial score (nSPS) is 13.7. The number of furan rings is 1. The molecule has 0 aliphatic carbocycles. The number of nitrogens with zero attached hydrogens (tertiary/aromatic N) is 3. The van der Waals surface area contributed by atoms with Crippen molar-refractivity contribution in [1.29, 1.82) is 0 Å². The van der Waals surface area contributed by atoms with E-state index in [0.29, 0.717) is 18.8 Å². The molecule has 0 atom stereocenters. The molecule has 1 aliphatic rings. The van der Waals surface area contributed by atoms with Crippen molar-refractivity contribution in [2.45, 2.75) is 13.1 Å². The van der Waals surface area contributed by atoms with Crippen LogP contribution in [-0.4, -0.2) is 20.8 Å². The third kappa shape index (κ3) is 1.67. The molecule has 0 unspecified atom stereocenters. The SMILES string of the molecule is O=C(c1cc2ccccc2o1)N1Cc2cncnc2C1. The molecule has 0 radical (unpaired) electrons. The molecule has 0 N–H and O–H groups in total. The van der Waals surface area contributed by atoms with E-state index in [1.54, 1.807) is 17.2 Å². The van der Waals surface area contributed by atoms with Crippen LogP contribution in [0.1, 0.15) is 21.8 Å². The van der Waals surface area contributed by atoms with Gasteiger partial charge in [0.25, 0.3) is 5.91 Å². The lowest BCUT2D eigenvalue weighted by Gasteiger charge is -2.12. The molecular weight excluding hydrogens is 254 g/mol. The Morgan fingerprint density at radius 3 is 3.00 bits per heavy atom. The van der Waals surface area contributed by atoms with Crippen LogP contribution in [0.3, 0.4) is 0 Å². The Morgan fingerprint density at radius 2 is 2.15 bits per heavy atom. The van der Waals surface area contributed by atoms with Crippen molar-refractivity contribution in [2.75, 3.05) is 0 Å². The van der Waals surface area contributed by atoms with E-state index in [9.17, 15) is 4.79 Å². The van der Waals surface area contributed by atoms with Gasteiger partial charge in [0.2, 0.25) is 0 Å². The zero-order valence-corrected chi connectivity index (χ0v) is 10.6. The van der Waals surface area contributed by atoms with Crippen molar-refractivity contribution in [3.05, 3.63) is 59.9 Å². The van der Waals surface area contributed by atoms with Crippen molar-refractivity contribution < 1.29 is 9.21 Å². The van der Waals surface area contributed by atoms with Gasteiger partial charge in [0.15, 0.2) is 5.76 Å². The quantitative estimate of drug-likeness (QED) is 0.677. The number of hydrogen-bond acceptors (Lipinski definition) is 4. The number of benzene rings is 1. The number of para-hydroxylation sites is 1. The molecule has 2 aromatic heterocycles. The summed E-state index contributed by atoms with van der Waals surface area (Å²) >= 11 is 0. The molecule has 0 fully saturated rings. The zero-order valence-electron chi connectivity index (χ0n) is 10.6. The van der Waals surface area contributed by atoms with Gasteiger partial charge in [-0.05, 0) is 12.1 Å². The molecule has 3 heterocycles. The Morgan fingerprint density at radius 1 is 1.25 bits per heavy atom. The van der Waals surface area contributed by atoms with Gasteiger partial charge in [0.05, 0.1) is 12.2 Å². The molecule has 1 amide bonds. The molecule has 0 saturated heterocycles. The number of rotatable bonds is 1. The second-order valence-corrected chi connectivity index (χ2v) is 4.80. The summed E-state index contributed by atoms with van der Waals surface area (Å²) in [5.41, 5.74) is 2.63. The van der Waals surface area contributed by atoms with E-state index in [1.165, 1.54) is 6.33 Å². The molecule has 0 spiro atoms. The minimum absolute atomic E-state index is 0.112. The fraction of sp³-hybridized carbons (Fsp3) is 0.133. The Balaban J connectivity index is 1.65. The number of hydrogen-bond donors (Lipinski definition) is 0. The first-order valence-corrected chi connectivity index (χ1v) is 6.37. The molecule has 0 bridgehead atoms. The molecule has 1 aliphatic heterocycles. The Bertz CT molecular complexity index is 751. The van der Waals surface area contributed by atoms with E-state index in [1.807, 2.05) is 24.3 Å². The van der Waals surface area contributed by atoms with Crippen LogP contribution in [0.5, 0.6) is 0 Å². The van der Waals surface area contributed by atoms with E-state index < -0.39 is 0 Å². The van der Waals surface area contributed by atoms with Crippen molar-refractivity contribution >= 4 is 16.9 Å². The predicted molar refractivity (Wildman–Crippen MR) is 71.8 cm³/mol. The largest absolute Gasteiger partial charge is 0.451 e. The highest BCUT2D eigenvalue weighted by Crippen LogP contribution is 2.24. The molecule has 5 nitrogen and oxygen atoms in total. The number of aromatic nitrogens is 2. The van der Waals surface area contributed by atoms with Gasteiger partial charge in [-0.2, -0.15) is 0 Å². The van der Waals surface area contributed by atoms with Gasteiger partial charge in [0.1, 0.15) is 11.9 Å². The Hall–Kier alpha value is -2.69. The van der Waals surface area contributed by atoms with Crippen LogP contribution in [0, 0.1) is 0 Å². The van der Waals surface area contributed by atoms with Crippen molar-refractivity contribution in [2.24, 2.45) is 0 Å². The third-order valence-corrected chi connectivity index (χ3v) is 3.51. The summed E-state index contributed by atoms with van der Waals surface area (Å²) in [7, 11) is 0. The van der Waals surface area contributed by atoms with Crippen LogP contribution < -0.4 is 0 Å². The maximum atomic E-state index is 12.5. The van der Waals surface area contributed by atoms with Gasteiger partial charge in [-0.25, -0.2) is 9.97 Å². The summed E-state index contributed by atoms with van der Waals surface area (Å²) in [4.78, 5) is 22.4. The minimum atomic E-state index is -0.112. The maximum absolute atomic E-state index is 12.5. The Kier molecular flexibility index (Phi) is 2.32. The van der Waals surface area contributed by atoms with Gasteiger partial charge in [-0.3, -0.25) is 4.79 Å². The maximum Gasteiger partial charge on any atom is 0.290 e. The average Bonchev–Trinajstić information content (AvgIpc) is 3.10. The first-order chi connectivity index (χ1) is 9.81. The first kappa shape index (κ1) is 11.2. The second-order valence-electron chi connectivity index (χ2n) is 4.80. The minimum Gasteiger partial charge on any atom is -0.451 e. The zero-order chi connectivity index (χ0) is 13.5. The number of carbonyl (C=O) groups excluding carboxylic acids is 1. The summed E-state index contributed by atoms with van der Waals surface area (Å²) in [5, 5.41) is 0.937. The monoisotopic (exact) mass is 265 g/mol. The highest BCUT2D eigenvalue weighted by atomic mass is 16.3. The predicted octanol–water partition coefficient (Wildman–Crippen LogP) is 2.38. The standard InChI is InChI=1S/C15H11N3O2/c19-15(14-5-10-3-1-2-4-13(10)20-14)18-7-11-6-16-9-17-12(11)8-18/h1-6,9H,7-8H2. The number of amides is 1. The van der Waals surface area contributed by atoms with Gasteiger partial charge in [0, 0.05) is 23.7 Å². The highest BCUT2D eigenvalue weighted by Gasteiger charge is 2.27. The van der Waals surface area contributed by atoms with Crippen LogP contribution in [0.2, 0.25) is 0 Å². The summed E-state index contributed by atoms with van der Waals surface area (Å²) in [5.74, 6) is 0.256. The fourth-order valence-corrected chi connectivity index (χ4v) is 2.49. The highest BCUT2D eigenvalue weighted by molar-refractivity contribution is 5.96. The molecule has 20 heavy (non-hydrogen) atoms. The van der Waals surface area contributed by atoms with Crippen LogP contribution in [-0.2, 0) is 13.1 Å². The Labute approximate surface area is 114 Å². The lowest BCUT2D eigenvalue weighted by molar-refractivity contribution is 0.0720. The van der Waals surface area contributed by atoms with Crippen molar-refractivity contribution in [3.63, 3.8) is 0 Å². The van der Waals surface area contributed by atoms with Gasteiger partial charge in [-0.15, -0.1) is 0 Å². The van der Waals surface area contributed by atoms with Crippen LogP contribution in [0.25, 0.3) is 11.0 Å². The lowest BCUT2D eigenvalue weighted by Crippen LogP contribution is -2.24. The van der Waals surface area contributed by atoms with Crippen molar-refractivity contribution in [1.82, 2.24) is 14.9 Å². The summed E-state index contributed by atoms with van der Waals surface area (Å²) in [6.45, 7) is 1.04. The first-order valence-electron chi connectivity index (χ1n) is 6.37. The van der Waals surface area contributed by atoms with E-state index in [-0.39, 0.29) is 5.91 Å². The lowest BCUT2D eigenvalue weighted by atomic mass is 10.2. The molecule has 4 rings (SSSR count). The van der Waals surface area contributed by atoms with Crippen LogP contribution >= 0.6 is 0 Å². The molecule has 0 saturated carbocycles. The van der Waals surface area contributed by atoms with E-state index >= 15 is 0 Å². The summed E-state index contributed by atoms with van der Waals surface area (Å²) in [6.07, 6.45) is 3.27. The summed E-state index contributed by atoms with van der Waals surface area (Å²) in [6, 6.07) is 9.39. The molecule has 1 aromatic carbocycles. The van der Waals surface area contributed by atoms with E-state index in [4.69, 9.17) is 4.42 Å². The van der Waals surface area contributed by atoms with Gasteiger partial charge < -0.3 is 9.32 Å². The van der Waals surface area contributed by atoms with E-state index in [0.717, 1.165) is 22.2 Å². The molecule has 5 heteroatoms. The van der Waals surface area contributed by atoms with Crippen LogP contribution in [0.4, 0.5) is 0 Å². The van der Waals surface area contributed by atoms with Gasteiger partial charge in [-0.1, -0.05) is 18.2 Å². The van der Waals surface area contributed by atoms with E-state index in [2.05, 4.69) is 9.97 Å². The molecular formula is C15H11N3O2. The molecule has 98 valence electrons. The topological polar surface area (TPSA) is 59.2 Å². The fourth-order valence-electron chi connectivity index (χ4n) is 2.49. The molecule has 3 aromatic rings. The third-order valence-electron chi connectivity index (χ3n) is 3.51. The smallest absolute Gasteiger partial charge is 0.290 e. The second kappa shape index (κ2) is 4.16. The summed E-state index contributed by atoms with van der Waals surface area (Å²) < 4.78 is 5.61. The number of fused-ring (bicyclic) bond motifs is 2.